The Labute approximate surface area is 120 Å². The minimum Gasteiger partial charge on any atom is -0.491 e. The molecule has 0 radical (unpaired) electrons. The summed E-state index contributed by atoms with van der Waals surface area (Å²) in [6.45, 7) is 0.135. The quantitative estimate of drug-likeness (QED) is 0.911. The fourth-order valence-electron chi connectivity index (χ4n) is 1.72. The molecule has 0 aliphatic carbocycles. The third-order valence-corrected chi connectivity index (χ3v) is 3.14. The first kappa shape index (κ1) is 14.0. The van der Waals surface area contributed by atoms with Gasteiger partial charge >= 0.3 is 0 Å². The molecule has 0 bridgehead atoms. The van der Waals surface area contributed by atoms with Crippen molar-refractivity contribution >= 4 is 15.9 Å². The van der Waals surface area contributed by atoms with Crippen LogP contribution in [0, 0.1) is 5.82 Å². The van der Waals surface area contributed by atoms with E-state index < -0.39 is 6.10 Å². The van der Waals surface area contributed by atoms with Crippen molar-refractivity contribution in [1.82, 2.24) is 0 Å². The molecule has 2 rings (SSSR count). The maximum Gasteiger partial charge on any atom is 0.126 e. The van der Waals surface area contributed by atoms with E-state index in [-0.39, 0.29) is 18.8 Å². The summed E-state index contributed by atoms with van der Waals surface area (Å²) in [6.07, 6.45) is -0.526. The molecule has 1 atom stereocenters. The van der Waals surface area contributed by atoms with E-state index in [1.807, 2.05) is 30.3 Å². The summed E-state index contributed by atoms with van der Waals surface area (Å²) in [7, 11) is 0. The Balaban J connectivity index is 1.90. The monoisotopic (exact) mass is 324 g/mol. The Hall–Kier alpha value is -1.39. The highest BCUT2D eigenvalue weighted by molar-refractivity contribution is 9.10. The summed E-state index contributed by atoms with van der Waals surface area (Å²) in [4.78, 5) is 0. The average molecular weight is 325 g/mol. The average Bonchev–Trinajstić information content (AvgIpc) is 2.42. The van der Waals surface area contributed by atoms with Crippen LogP contribution in [0.15, 0.2) is 53.0 Å². The first-order valence-electron chi connectivity index (χ1n) is 5.95. The van der Waals surface area contributed by atoms with Crippen molar-refractivity contribution < 1.29 is 14.2 Å². The largest absolute Gasteiger partial charge is 0.491 e. The van der Waals surface area contributed by atoms with Crippen LogP contribution in [0.5, 0.6) is 5.75 Å². The summed E-state index contributed by atoms with van der Waals surface area (Å²) in [5, 5.41) is 9.87. The Kier molecular flexibility index (Phi) is 4.93. The first-order chi connectivity index (χ1) is 9.15. The molecule has 2 aromatic rings. The second-order valence-electron chi connectivity index (χ2n) is 4.22. The molecule has 1 N–H and O–H groups in total. The molecule has 0 aliphatic heterocycles. The third-order valence-electron chi connectivity index (χ3n) is 2.65. The van der Waals surface area contributed by atoms with Gasteiger partial charge in [-0.25, -0.2) is 4.39 Å². The second kappa shape index (κ2) is 6.68. The van der Waals surface area contributed by atoms with E-state index in [4.69, 9.17) is 4.74 Å². The van der Waals surface area contributed by atoms with Crippen molar-refractivity contribution in [3.63, 3.8) is 0 Å². The van der Waals surface area contributed by atoms with Gasteiger partial charge in [0.25, 0.3) is 0 Å². The van der Waals surface area contributed by atoms with Crippen LogP contribution in [0.4, 0.5) is 4.39 Å². The molecule has 0 saturated heterocycles. The van der Waals surface area contributed by atoms with Gasteiger partial charge in [0.2, 0.25) is 0 Å². The Morgan fingerprint density at radius 1 is 1.16 bits per heavy atom. The Morgan fingerprint density at radius 3 is 2.63 bits per heavy atom. The van der Waals surface area contributed by atoms with Gasteiger partial charge in [-0.2, -0.15) is 0 Å². The molecule has 4 heteroatoms. The van der Waals surface area contributed by atoms with Gasteiger partial charge in [-0.15, -0.1) is 0 Å². The number of hydrogen-bond donors (Lipinski definition) is 1. The zero-order valence-corrected chi connectivity index (χ0v) is 11.8. The van der Waals surface area contributed by atoms with E-state index in [0.29, 0.717) is 11.3 Å². The zero-order valence-electron chi connectivity index (χ0n) is 10.2. The van der Waals surface area contributed by atoms with Gasteiger partial charge in [-0.1, -0.05) is 34.1 Å². The van der Waals surface area contributed by atoms with Crippen LogP contribution >= 0.6 is 15.9 Å². The van der Waals surface area contributed by atoms with Gasteiger partial charge in [0.05, 0.1) is 6.10 Å². The summed E-state index contributed by atoms with van der Waals surface area (Å²) >= 11 is 3.28. The highest BCUT2D eigenvalue weighted by Crippen LogP contribution is 2.17. The lowest BCUT2D eigenvalue weighted by Crippen LogP contribution is -2.20. The van der Waals surface area contributed by atoms with E-state index in [2.05, 4.69) is 15.9 Å². The molecular formula is C15H14BrFO2. The van der Waals surface area contributed by atoms with Crippen LogP contribution in [-0.4, -0.2) is 17.8 Å². The Morgan fingerprint density at radius 2 is 1.89 bits per heavy atom. The van der Waals surface area contributed by atoms with Gasteiger partial charge < -0.3 is 9.84 Å². The summed E-state index contributed by atoms with van der Waals surface area (Å²) in [6, 6.07) is 13.9. The molecule has 100 valence electrons. The minimum absolute atomic E-state index is 0.135. The third kappa shape index (κ3) is 4.33. The molecule has 0 heterocycles. The van der Waals surface area contributed by atoms with Gasteiger partial charge in [0, 0.05) is 10.9 Å². The number of aliphatic hydroxyl groups is 1. The highest BCUT2D eigenvalue weighted by Gasteiger charge is 2.10. The number of halogens is 2. The number of rotatable bonds is 5. The van der Waals surface area contributed by atoms with Gasteiger partial charge in [-0.05, 0) is 35.9 Å². The molecule has 19 heavy (non-hydrogen) atoms. The SMILES string of the molecule is OC(COc1ccccc1)Cc1cc(Br)ccc1F. The van der Waals surface area contributed by atoms with Crippen LogP contribution in [0.25, 0.3) is 0 Å². The maximum absolute atomic E-state index is 13.5. The Bertz CT molecular complexity index is 531. The van der Waals surface area contributed by atoms with Gasteiger partial charge in [0.15, 0.2) is 0 Å². The molecular weight excluding hydrogens is 311 g/mol. The lowest BCUT2D eigenvalue weighted by molar-refractivity contribution is 0.107. The number of hydrogen-bond acceptors (Lipinski definition) is 2. The number of ether oxygens (including phenoxy) is 1. The molecule has 0 saturated carbocycles. The van der Waals surface area contributed by atoms with Crippen LogP contribution in [-0.2, 0) is 6.42 Å². The lowest BCUT2D eigenvalue weighted by Gasteiger charge is -2.13. The van der Waals surface area contributed by atoms with E-state index in [9.17, 15) is 9.50 Å². The lowest BCUT2D eigenvalue weighted by atomic mass is 10.1. The van der Waals surface area contributed by atoms with Crippen molar-refractivity contribution in [1.29, 1.82) is 0 Å². The van der Waals surface area contributed by atoms with Crippen molar-refractivity contribution in [3.8, 4) is 5.75 Å². The van der Waals surface area contributed by atoms with Crippen molar-refractivity contribution in [2.75, 3.05) is 6.61 Å². The highest BCUT2D eigenvalue weighted by atomic mass is 79.9. The first-order valence-corrected chi connectivity index (χ1v) is 6.74. The normalized spacial score (nSPS) is 12.2. The molecule has 0 fully saturated rings. The molecule has 0 spiro atoms. The molecule has 1 unspecified atom stereocenters. The summed E-state index contributed by atoms with van der Waals surface area (Å²) in [5.41, 5.74) is 0.471. The van der Waals surface area contributed by atoms with E-state index >= 15 is 0 Å². The van der Waals surface area contributed by atoms with Crippen LogP contribution in [0.3, 0.4) is 0 Å². The predicted octanol–water partition coefficient (Wildman–Crippen LogP) is 3.57. The van der Waals surface area contributed by atoms with Crippen LogP contribution in [0.1, 0.15) is 5.56 Å². The smallest absolute Gasteiger partial charge is 0.126 e. The van der Waals surface area contributed by atoms with E-state index in [0.717, 1.165) is 4.47 Å². The van der Waals surface area contributed by atoms with Gasteiger partial charge in [-0.3, -0.25) is 0 Å². The van der Waals surface area contributed by atoms with Crippen molar-refractivity contribution in [2.45, 2.75) is 12.5 Å². The minimum atomic E-state index is -0.746. The number of benzene rings is 2. The van der Waals surface area contributed by atoms with Crippen LogP contribution in [0.2, 0.25) is 0 Å². The molecule has 0 aromatic heterocycles. The van der Waals surface area contributed by atoms with Crippen LogP contribution < -0.4 is 4.74 Å². The zero-order chi connectivity index (χ0) is 13.7. The standard InChI is InChI=1S/C15H14BrFO2/c16-12-6-7-15(17)11(8-12)9-13(18)10-19-14-4-2-1-3-5-14/h1-8,13,18H,9-10H2. The predicted molar refractivity (Wildman–Crippen MR) is 75.7 cm³/mol. The summed E-state index contributed by atoms with van der Waals surface area (Å²) in [5.74, 6) is 0.373. The van der Waals surface area contributed by atoms with Gasteiger partial charge in [0.1, 0.15) is 18.2 Å². The fraction of sp³-hybridized carbons (Fsp3) is 0.200. The molecule has 0 amide bonds. The van der Waals surface area contributed by atoms with Crippen molar-refractivity contribution in [2.24, 2.45) is 0 Å². The second-order valence-corrected chi connectivity index (χ2v) is 5.13. The topological polar surface area (TPSA) is 29.5 Å². The van der Waals surface area contributed by atoms with E-state index in [1.54, 1.807) is 12.1 Å². The number of para-hydroxylation sites is 1. The molecule has 2 nitrogen and oxygen atoms in total. The summed E-state index contributed by atoms with van der Waals surface area (Å²) < 4.78 is 19.7. The molecule has 0 aliphatic rings. The van der Waals surface area contributed by atoms with E-state index in [1.165, 1.54) is 6.07 Å². The maximum atomic E-state index is 13.5. The van der Waals surface area contributed by atoms with Crippen molar-refractivity contribution in [3.05, 3.63) is 64.4 Å². The fourth-order valence-corrected chi connectivity index (χ4v) is 2.13. The number of aliphatic hydroxyl groups excluding tert-OH is 1. The molecule has 2 aromatic carbocycles.